The predicted octanol–water partition coefficient (Wildman–Crippen LogP) is -1.13. The zero-order valence-corrected chi connectivity index (χ0v) is 17.8. The summed E-state index contributed by atoms with van der Waals surface area (Å²) in [6.45, 7) is 8.48. The Balaban J connectivity index is 4.86. The molecule has 0 aromatic heterocycles. The summed E-state index contributed by atoms with van der Waals surface area (Å²) < 4.78 is 9.62. The number of methoxy groups -OCH3 is 1. The van der Waals surface area contributed by atoms with E-state index >= 15 is 0 Å². The van der Waals surface area contributed by atoms with Gasteiger partial charge >= 0.3 is 5.97 Å². The minimum absolute atomic E-state index is 0.174. The number of aliphatic hydroxyl groups excluding tert-OH is 3. The lowest BCUT2D eigenvalue weighted by molar-refractivity contribution is -0.150. The van der Waals surface area contributed by atoms with E-state index in [1.54, 1.807) is 13.0 Å². The average Bonchev–Trinajstić information content (AvgIpc) is 2.63. The highest BCUT2D eigenvalue weighted by atomic mass is 16.5. The normalized spacial score (nSPS) is 17.1. The third kappa shape index (κ3) is 10.4. The predicted molar refractivity (Wildman–Crippen MR) is 105 cm³/mol. The summed E-state index contributed by atoms with van der Waals surface area (Å²) in [6.07, 6.45) is -3.44. The Morgan fingerprint density at radius 3 is 2.14 bits per heavy atom. The maximum absolute atomic E-state index is 12.3. The van der Waals surface area contributed by atoms with E-state index in [1.807, 2.05) is 20.8 Å². The Labute approximate surface area is 171 Å². The van der Waals surface area contributed by atoms with Crippen molar-refractivity contribution < 1.29 is 39.2 Å². The monoisotopic (exact) mass is 418 g/mol. The first-order valence-electron chi connectivity index (χ1n) is 9.34. The molecule has 10 nitrogen and oxygen atoms in total. The average molecular weight is 418 g/mol. The molecule has 0 saturated carbocycles. The highest BCUT2D eigenvalue weighted by Gasteiger charge is 2.36. The standard InChI is InChI=1S/C19H34N2O8/c1-7-29-13(23)10-20-17(26)11(2)21-18(27)16(28-6)15(25)14(24)12(22)8-9-19(3,4)5/h8-9,11-12,14-16,22,24-25H,7,10H2,1-6H3,(H,20,26)(H,21,27)/b9-8+/t11-,12+,14-,15+,16+/m0/s1. The summed E-state index contributed by atoms with van der Waals surface area (Å²) >= 11 is 0. The van der Waals surface area contributed by atoms with Gasteiger partial charge in [0.25, 0.3) is 5.91 Å². The lowest BCUT2D eigenvalue weighted by Gasteiger charge is -2.28. The van der Waals surface area contributed by atoms with Crippen molar-refractivity contribution in [1.82, 2.24) is 10.6 Å². The van der Waals surface area contributed by atoms with Crippen LogP contribution in [0.4, 0.5) is 0 Å². The summed E-state index contributed by atoms with van der Waals surface area (Å²) in [7, 11) is 1.14. The SMILES string of the molecule is CCOC(=O)CNC(=O)[C@H](C)NC(=O)[C@H](OC)[C@H](O)[C@@H](O)[C@H](O)/C=C/C(C)(C)C. The van der Waals surface area contributed by atoms with E-state index in [4.69, 9.17) is 4.74 Å². The minimum atomic E-state index is -1.76. The van der Waals surface area contributed by atoms with Crippen molar-refractivity contribution in [3.8, 4) is 0 Å². The summed E-state index contributed by atoms with van der Waals surface area (Å²) in [4.78, 5) is 35.5. The molecule has 0 aliphatic carbocycles. The Hall–Kier alpha value is -2.01. The van der Waals surface area contributed by atoms with Crippen LogP contribution in [0.2, 0.25) is 0 Å². The van der Waals surface area contributed by atoms with Gasteiger partial charge in [-0.1, -0.05) is 32.9 Å². The van der Waals surface area contributed by atoms with Crippen molar-refractivity contribution in [3.05, 3.63) is 12.2 Å². The molecule has 0 heterocycles. The number of ether oxygens (including phenoxy) is 2. The second kappa shape index (κ2) is 12.5. The smallest absolute Gasteiger partial charge is 0.325 e. The van der Waals surface area contributed by atoms with Crippen molar-refractivity contribution in [2.75, 3.05) is 20.3 Å². The molecular formula is C19H34N2O8. The highest BCUT2D eigenvalue weighted by Crippen LogP contribution is 2.17. The van der Waals surface area contributed by atoms with Crippen LogP contribution in [-0.2, 0) is 23.9 Å². The van der Waals surface area contributed by atoms with Crippen molar-refractivity contribution >= 4 is 17.8 Å². The van der Waals surface area contributed by atoms with E-state index in [-0.39, 0.29) is 18.6 Å². The first-order valence-corrected chi connectivity index (χ1v) is 9.34. The molecule has 0 saturated heterocycles. The van der Waals surface area contributed by atoms with Gasteiger partial charge in [0.2, 0.25) is 5.91 Å². The maximum Gasteiger partial charge on any atom is 0.325 e. The highest BCUT2D eigenvalue weighted by molar-refractivity contribution is 5.90. The maximum atomic E-state index is 12.3. The first-order chi connectivity index (χ1) is 13.3. The number of aliphatic hydroxyl groups is 3. The van der Waals surface area contributed by atoms with Crippen molar-refractivity contribution in [2.45, 2.75) is 65.1 Å². The summed E-state index contributed by atoms with van der Waals surface area (Å²) in [5, 5.41) is 35.0. The number of carbonyl (C=O) groups is 3. The van der Waals surface area contributed by atoms with Crippen LogP contribution in [0.25, 0.3) is 0 Å². The third-order valence-corrected chi connectivity index (χ3v) is 3.78. The van der Waals surface area contributed by atoms with Gasteiger partial charge in [0.05, 0.1) is 6.61 Å². The molecule has 10 heteroatoms. The van der Waals surface area contributed by atoms with Crippen LogP contribution in [-0.4, -0.2) is 83.8 Å². The number of rotatable bonds is 11. The summed E-state index contributed by atoms with van der Waals surface area (Å²) in [6, 6.07) is -1.05. The van der Waals surface area contributed by atoms with E-state index in [0.29, 0.717) is 0 Å². The molecule has 0 rings (SSSR count). The zero-order chi connectivity index (χ0) is 22.8. The molecule has 0 aliphatic heterocycles. The second-order valence-electron chi connectivity index (χ2n) is 7.61. The van der Waals surface area contributed by atoms with Crippen LogP contribution in [0.5, 0.6) is 0 Å². The molecule has 0 radical (unpaired) electrons. The molecule has 0 fully saturated rings. The van der Waals surface area contributed by atoms with Crippen LogP contribution in [0.15, 0.2) is 12.2 Å². The van der Waals surface area contributed by atoms with Gasteiger partial charge in [-0.25, -0.2) is 0 Å². The molecule has 0 bridgehead atoms. The Bertz CT molecular complexity index is 573. The lowest BCUT2D eigenvalue weighted by atomic mass is 9.94. The Morgan fingerprint density at radius 2 is 1.66 bits per heavy atom. The fraction of sp³-hybridized carbons (Fsp3) is 0.737. The van der Waals surface area contributed by atoms with Gasteiger partial charge in [-0.15, -0.1) is 0 Å². The molecular weight excluding hydrogens is 384 g/mol. The lowest BCUT2D eigenvalue weighted by Crippen LogP contribution is -2.55. The Kier molecular flexibility index (Phi) is 11.7. The number of nitrogens with one attached hydrogen (secondary N) is 2. The zero-order valence-electron chi connectivity index (χ0n) is 17.8. The number of hydrogen-bond acceptors (Lipinski definition) is 8. The fourth-order valence-electron chi connectivity index (χ4n) is 2.17. The van der Waals surface area contributed by atoms with Crippen LogP contribution in [0.1, 0.15) is 34.6 Å². The van der Waals surface area contributed by atoms with Crippen LogP contribution in [0, 0.1) is 5.41 Å². The minimum Gasteiger partial charge on any atom is -0.465 e. The number of amides is 2. The van der Waals surface area contributed by atoms with Gasteiger partial charge in [0, 0.05) is 7.11 Å². The molecule has 0 spiro atoms. The van der Waals surface area contributed by atoms with Crippen LogP contribution >= 0.6 is 0 Å². The van der Waals surface area contributed by atoms with Gasteiger partial charge in [0.1, 0.15) is 30.9 Å². The third-order valence-electron chi connectivity index (χ3n) is 3.78. The topological polar surface area (TPSA) is 154 Å². The molecule has 168 valence electrons. The summed E-state index contributed by atoms with van der Waals surface area (Å²) in [5.74, 6) is -2.14. The van der Waals surface area contributed by atoms with E-state index in [2.05, 4.69) is 15.4 Å². The van der Waals surface area contributed by atoms with Crippen LogP contribution in [0.3, 0.4) is 0 Å². The first kappa shape index (κ1) is 27.0. The molecule has 0 aromatic rings. The molecule has 0 aromatic carbocycles. The summed E-state index contributed by atoms with van der Waals surface area (Å²) in [5.41, 5.74) is -0.254. The van der Waals surface area contributed by atoms with Gasteiger partial charge in [-0.2, -0.15) is 0 Å². The molecule has 29 heavy (non-hydrogen) atoms. The molecule has 5 atom stereocenters. The molecule has 5 N–H and O–H groups in total. The van der Waals surface area contributed by atoms with Crippen molar-refractivity contribution in [3.63, 3.8) is 0 Å². The van der Waals surface area contributed by atoms with Gasteiger partial charge in [-0.3, -0.25) is 14.4 Å². The van der Waals surface area contributed by atoms with Crippen molar-refractivity contribution in [1.29, 1.82) is 0 Å². The molecule has 0 aliphatic rings. The number of hydrogen-bond donors (Lipinski definition) is 5. The van der Waals surface area contributed by atoms with Gasteiger partial charge in [-0.05, 0) is 19.3 Å². The van der Waals surface area contributed by atoms with E-state index in [1.165, 1.54) is 13.0 Å². The molecule has 0 unspecified atom stereocenters. The number of carbonyl (C=O) groups excluding carboxylic acids is 3. The van der Waals surface area contributed by atoms with Gasteiger partial charge in [0.15, 0.2) is 6.10 Å². The molecule has 2 amide bonds. The largest absolute Gasteiger partial charge is 0.465 e. The van der Waals surface area contributed by atoms with E-state index in [0.717, 1.165) is 7.11 Å². The number of esters is 1. The second-order valence-corrected chi connectivity index (χ2v) is 7.61. The quantitative estimate of drug-likeness (QED) is 0.209. The fourth-order valence-corrected chi connectivity index (χ4v) is 2.17. The van der Waals surface area contributed by atoms with E-state index in [9.17, 15) is 29.7 Å². The van der Waals surface area contributed by atoms with Crippen LogP contribution < -0.4 is 10.6 Å². The van der Waals surface area contributed by atoms with E-state index < -0.39 is 48.2 Å². The Morgan fingerprint density at radius 1 is 1.07 bits per heavy atom. The van der Waals surface area contributed by atoms with Crippen molar-refractivity contribution in [2.24, 2.45) is 5.41 Å². The van der Waals surface area contributed by atoms with Gasteiger partial charge < -0.3 is 35.4 Å². The number of allylic oxidation sites excluding steroid dienone is 1.